The van der Waals surface area contributed by atoms with Crippen molar-refractivity contribution in [2.24, 2.45) is 0 Å². The molecule has 3 rings (SSSR count). The quantitative estimate of drug-likeness (QED) is 0.562. The average Bonchev–Trinajstić information content (AvgIpc) is 2.74. The molecular weight excluding hydrogens is 272 g/mol. The lowest BCUT2D eigenvalue weighted by molar-refractivity contribution is -0.383. The molecule has 9 heteroatoms. The zero-order chi connectivity index (χ0) is 13.8. The topological polar surface area (TPSA) is 98.3 Å². The molecule has 1 aliphatic heterocycles. The highest BCUT2D eigenvalue weighted by Gasteiger charge is 2.34. The summed E-state index contributed by atoms with van der Waals surface area (Å²) in [5.41, 5.74) is 0.457. The maximum Gasteiger partial charge on any atom is 0.295 e. The zero-order valence-corrected chi connectivity index (χ0v) is 10.8. The fraction of sp³-hybridized carbons (Fsp3) is 0.300. The van der Waals surface area contributed by atoms with Crippen LogP contribution in [0.3, 0.4) is 0 Å². The monoisotopic (exact) mass is 282 g/mol. The van der Waals surface area contributed by atoms with Gasteiger partial charge in [0.15, 0.2) is 0 Å². The number of benzene rings is 1. The Kier molecular flexibility index (Phi) is 2.38. The van der Waals surface area contributed by atoms with E-state index in [2.05, 4.69) is 4.98 Å². The first-order valence-electron chi connectivity index (χ1n) is 5.53. The Morgan fingerprint density at radius 1 is 1.37 bits per heavy atom. The van der Waals surface area contributed by atoms with Crippen LogP contribution < -0.4 is 0 Å². The zero-order valence-electron chi connectivity index (χ0n) is 9.98. The largest absolute Gasteiger partial charge is 0.307 e. The Morgan fingerprint density at radius 2 is 2.11 bits per heavy atom. The maximum absolute atomic E-state index is 12.1. The van der Waals surface area contributed by atoms with Gasteiger partial charge in [-0.05, 0) is 6.07 Å². The number of nitro groups is 1. The molecule has 0 atom stereocenters. The second-order valence-corrected chi connectivity index (χ2v) is 6.21. The molecule has 1 aliphatic rings. The molecule has 8 nitrogen and oxygen atoms in total. The second kappa shape index (κ2) is 3.75. The summed E-state index contributed by atoms with van der Waals surface area (Å²) >= 11 is 0. The van der Waals surface area contributed by atoms with Gasteiger partial charge < -0.3 is 4.57 Å². The molecule has 2 aromatic rings. The van der Waals surface area contributed by atoms with Gasteiger partial charge >= 0.3 is 0 Å². The van der Waals surface area contributed by atoms with Gasteiger partial charge in [0.1, 0.15) is 5.52 Å². The van der Waals surface area contributed by atoms with E-state index in [1.54, 1.807) is 6.07 Å². The van der Waals surface area contributed by atoms with Gasteiger partial charge in [0.2, 0.25) is 5.16 Å². The van der Waals surface area contributed by atoms with Gasteiger partial charge in [0, 0.05) is 26.2 Å². The van der Waals surface area contributed by atoms with E-state index in [0.29, 0.717) is 12.1 Å². The van der Waals surface area contributed by atoms with Crippen molar-refractivity contribution in [2.45, 2.75) is 11.7 Å². The van der Waals surface area contributed by atoms with E-state index in [-0.39, 0.29) is 22.9 Å². The number of likely N-dealkylation sites (N-methyl/N-ethyl adjacent to an activating group) is 1. The molecule has 0 aliphatic carbocycles. The van der Waals surface area contributed by atoms with Crippen molar-refractivity contribution in [1.29, 1.82) is 0 Å². The number of hydrogen-bond acceptors (Lipinski definition) is 5. The van der Waals surface area contributed by atoms with Gasteiger partial charge in [-0.25, -0.2) is 13.4 Å². The molecule has 0 bridgehead atoms. The summed E-state index contributed by atoms with van der Waals surface area (Å²) in [5, 5.41) is 10.9. The van der Waals surface area contributed by atoms with Crippen molar-refractivity contribution in [1.82, 2.24) is 13.9 Å². The number of para-hydroxylation sites is 1. The molecule has 0 fully saturated rings. The number of aromatic nitrogens is 2. The number of nitrogens with zero attached hydrogens (tertiary/aromatic N) is 4. The molecule has 1 aromatic heterocycles. The second-order valence-electron chi connectivity index (χ2n) is 4.27. The van der Waals surface area contributed by atoms with E-state index >= 15 is 0 Å². The summed E-state index contributed by atoms with van der Waals surface area (Å²) in [6.07, 6.45) is 0. The lowest BCUT2D eigenvalue weighted by Gasteiger charge is -2.23. The Bertz CT molecular complexity index is 795. The van der Waals surface area contributed by atoms with Crippen molar-refractivity contribution in [3.05, 3.63) is 28.3 Å². The minimum atomic E-state index is -3.66. The van der Waals surface area contributed by atoms with Crippen molar-refractivity contribution < 1.29 is 13.3 Å². The van der Waals surface area contributed by atoms with Gasteiger partial charge in [-0.2, -0.15) is 4.31 Å². The van der Waals surface area contributed by atoms with Crippen LogP contribution in [0.1, 0.15) is 0 Å². The molecule has 2 heterocycles. The van der Waals surface area contributed by atoms with Crippen LogP contribution in [0.4, 0.5) is 5.69 Å². The van der Waals surface area contributed by atoms with Gasteiger partial charge in [-0.1, -0.05) is 6.07 Å². The Morgan fingerprint density at radius 3 is 2.79 bits per heavy atom. The van der Waals surface area contributed by atoms with E-state index in [0.717, 1.165) is 0 Å². The Balaban J connectivity index is 2.43. The number of sulfonamides is 1. The third-order valence-electron chi connectivity index (χ3n) is 3.19. The van der Waals surface area contributed by atoms with Crippen LogP contribution in [0, 0.1) is 10.1 Å². The van der Waals surface area contributed by atoms with E-state index in [4.69, 9.17) is 0 Å². The van der Waals surface area contributed by atoms with Crippen molar-refractivity contribution >= 4 is 26.7 Å². The molecule has 0 unspecified atom stereocenters. The van der Waals surface area contributed by atoms with E-state index in [9.17, 15) is 18.5 Å². The lowest BCUT2D eigenvalue weighted by atomic mass is 10.2. The van der Waals surface area contributed by atoms with E-state index < -0.39 is 14.9 Å². The van der Waals surface area contributed by atoms with Crippen LogP contribution in [-0.2, 0) is 16.6 Å². The van der Waals surface area contributed by atoms with Crippen LogP contribution in [0.2, 0.25) is 0 Å². The molecule has 0 amide bonds. The smallest absolute Gasteiger partial charge is 0.295 e. The molecule has 0 spiro atoms. The Labute approximate surface area is 108 Å². The predicted molar refractivity (Wildman–Crippen MR) is 66.2 cm³/mol. The summed E-state index contributed by atoms with van der Waals surface area (Å²) < 4.78 is 26.9. The number of imidazole rings is 1. The van der Waals surface area contributed by atoms with Crippen molar-refractivity contribution in [3.63, 3.8) is 0 Å². The first-order valence-corrected chi connectivity index (χ1v) is 6.97. The minimum Gasteiger partial charge on any atom is -0.307 e. The summed E-state index contributed by atoms with van der Waals surface area (Å²) in [5.74, 6) is 0. The summed E-state index contributed by atoms with van der Waals surface area (Å²) in [6.45, 7) is 0.624. The normalized spacial score (nSPS) is 18.4. The SMILES string of the molecule is CN1CCn2c(nc3cccc([N+](=O)[O-])c32)S1(=O)=O. The highest BCUT2D eigenvalue weighted by Crippen LogP contribution is 2.30. The third kappa shape index (κ3) is 1.55. The number of rotatable bonds is 1. The number of hydrogen-bond donors (Lipinski definition) is 0. The molecular formula is C10H10N4O4S. The average molecular weight is 282 g/mol. The summed E-state index contributed by atoms with van der Waals surface area (Å²) in [7, 11) is -2.20. The Hall–Kier alpha value is -2.00. The lowest BCUT2D eigenvalue weighted by Crippen LogP contribution is -2.37. The number of fused-ring (bicyclic) bond motifs is 3. The van der Waals surface area contributed by atoms with Gasteiger partial charge in [0.05, 0.1) is 10.4 Å². The third-order valence-corrected chi connectivity index (χ3v) is 4.96. The van der Waals surface area contributed by atoms with Crippen molar-refractivity contribution in [3.8, 4) is 0 Å². The van der Waals surface area contributed by atoms with Gasteiger partial charge in [-0.15, -0.1) is 0 Å². The van der Waals surface area contributed by atoms with Crippen LogP contribution in [-0.4, -0.2) is 40.8 Å². The molecule has 19 heavy (non-hydrogen) atoms. The van der Waals surface area contributed by atoms with E-state index in [1.807, 2.05) is 0 Å². The molecule has 0 radical (unpaired) electrons. The summed E-state index contributed by atoms with van der Waals surface area (Å²) in [4.78, 5) is 14.5. The maximum atomic E-state index is 12.1. The highest BCUT2D eigenvalue weighted by atomic mass is 32.2. The molecule has 0 saturated carbocycles. The van der Waals surface area contributed by atoms with Crippen LogP contribution in [0.5, 0.6) is 0 Å². The first kappa shape index (κ1) is 12.1. The van der Waals surface area contributed by atoms with E-state index in [1.165, 1.54) is 28.1 Å². The van der Waals surface area contributed by atoms with Crippen LogP contribution in [0.25, 0.3) is 11.0 Å². The molecule has 1 aromatic carbocycles. The van der Waals surface area contributed by atoms with Gasteiger partial charge in [-0.3, -0.25) is 10.1 Å². The van der Waals surface area contributed by atoms with Crippen LogP contribution in [0.15, 0.2) is 23.4 Å². The molecule has 0 saturated heterocycles. The predicted octanol–water partition coefficient (Wildman–Crippen LogP) is 0.579. The standard InChI is InChI=1S/C10H10N4O4S/c1-12-5-6-13-9-7(11-10(13)19(12,17)18)3-2-4-8(9)14(15)16/h2-4H,5-6H2,1H3. The van der Waals surface area contributed by atoms with Gasteiger partial charge in [0.25, 0.3) is 15.7 Å². The summed E-state index contributed by atoms with van der Waals surface area (Å²) in [6, 6.07) is 4.42. The number of non-ortho nitro benzene ring substituents is 1. The van der Waals surface area contributed by atoms with Crippen LogP contribution >= 0.6 is 0 Å². The fourth-order valence-electron chi connectivity index (χ4n) is 2.20. The minimum absolute atomic E-state index is 0.129. The molecule has 0 N–H and O–H groups in total. The highest BCUT2D eigenvalue weighted by molar-refractivity contribution is 7.89. The first-order chi connectivity index (χ1) is 8.93. The van der Waals surface area contributed by atoms with Crippen molar-refractivity contribution in [2.75, 3.05) is 13.6 Å². The number of nitro benzene ring substituents is 1. The fourth-order valence-corrected chi connectivity index (χ4v) is 3.47. The molecule has 100 valence electrons.